The average Bonchev–Trinajstić information content (AvgIpc) is 3.14. The summed E-state index contributed by atoms with van der Waals surface area (Å²) in [6.07, 6.45) is 4.14. The monoisotopic (exact) mass is 361 g/mol. The maximum absolute atomic E-state index is 12.6. The molecular formula is C23H23NO3. The van der Waals surface area contributed by atoms with Gasteiger partial charge in [0.1, 0.15) is 5.58 Å². The predicted molar refractivity (Wildman–Crippen MR) is 106 cm³/mol. The lowest BCUT2D eigenvalue weighted by Gasteiger charge is -2.15. The van der Waals surface area contributed by atoms with Crippen LogP contribution in [-0.2, 0) is 6.42 Å². The minimum Gasteiger partial charge on any atom is -0.464 e. The first-order valence-electron chi connectivity index (χ1n) is 9.50. The van der Waals surface area contributed by atoms with Crippen molar-refractivity contribution in [2.75, 3.05) is 19.6 Å². The van der Waals surface area contributed by atoms with Crippen molar-refractivity contribution in [1.29, 1.82) is 0 Å². The summed E-state index contributed by atoms with van der Waals surface area (Å²) in [6.45, 7) is 2.86. The molecule has 1 aliphatic heterocycles. The van der Waals surface area contributed by atoms with E-state index in [4.69, 9.17) is 4.42 Å². The number of likely N-dealkylation sites (tertiary alicyclic amines) is 1. The lowest BCUT2D eigenvalue weighted by molar-refractivity contribution is 0.0968. The summed E-state index contributed by atoms with van der Waals surface area (Å²) >= 11 is 0. The highest BCUT2D eigenvalue weighted by atomic mass is 16.3. The van der Waals surface area contributed by atoms with Crippen molar-refractivity contribution in [2.24, 2.45) is 5.92 Å². The van der Waals surface area contributed by atoms with Crippen LogP contribution in [0, 0.1) is 5.92 Å². The molecule has 0 aliphatic carbocycles. The fourth-order valence-corrected chi connectivity index (χ4v) is 3.89. The molecule has 3 aromatic rings. The summed E-state index contributed by atoms with van der Waals surface area (Å²) < 4.78 is 5.31. The van der Waals surface area contributed by atoms with E-state index in [0.717, 1.165) is 26.1 Å². The minimum atomic E-state index is -0.116. The molecule has 0 radical (unpaired) electrons. The van der Waals surface area contributed by atoms with Gasteiger partial charge in [-0.25, -0.2) is 0 Å². The van der Waals surface area contributed by atoms with Gasteiger partial charge in [0.05, 0.1) is 11.6 Å². The Morgan fingerprint density at radius 3 is 2.81 bits per heavy atom. The Labute approximate surface area is 158 Å². The van der Waals surface area contributed by atoms with Crippen LogP contribution in [-0.4, -0.2) is 30.3 Å². The Hall–Kier alpha value is -2.72. The van der Waals surface area contributed by atoms with Crippen molar-refractivity contribution < 1.29 is 9.21 Å². The van der Waals surface area contributed by atoms with Gasteiger partial charge in [0, 0.05) is 31.1 Å². The van der Waals surface area contributed by atoms with Gasteiger partial charge in [0.15, 0.2) is 11.2 Å². The molecule has 1 fully saturated rings. The molecule has 1 aliphatic rings. The molecule has 1 atom stereocenters. The second kappa shape index (κ2) is 7.89. The summed E-state index contributed by atoms with van der Waals surface area (Å²) in [5.41, 5.74) is 2.37. The van der Waals surface area contributed by atoms with Gasteiger partial charge in [0.2, 0.25) is 0 Å². The largest absolute Gasteiger partial charge is 0.464 e. The van der Waals surface area contributed by atoms with Gasteiger partial charge in [-0.3, -0.25) is 9.59 Å². The summed E-state index contributed by atoms with van der Waals surface area (Å²) in [6, 6.07) is 17.1. The highest BCUT2D eigenvalue weighted by molar-refractivity contribution is 5.99. The van der Waals surface area contributed by atoms with Crippen molar-refractivity contribution in [2.45, 2.75) is 19.3 Å². The zero-order valence-corrected chi connectivity index (χ0v) is 15.3. The van der Waals surface area contributed by atoms with E-state index in [2.05, 4.69) is 29.2 Å². The third-order valence-corrected chi connectivity index (χ3v) is 5.37. The van der Waals surface area contributed by atoms with E-state index in [1.165, 1.54) is 24.3 Å². The van der Waals surface area contributed by atoms with Crippen molar-refractivity contribution >= 4 is 16.8 Å². The highest BCUT2D eigenvalue weighted by Crippen LogP contribution is 2.21. The number of carbonyl (C=O) groups is 1. The maximum Gasteiger partial charge on any atom is 0.192 e. The van der Waals surface area contributed by atoms with Crippen LogP contribution in [0.15, 0.2) is 70.1 Å². The number of carbonyl (C=O) groups excluding carboxylic acids is 1. The number of rotatable bonds is 6. The number of ketones is 1. The van der Waals surface area contributed by atoms with Gasteiger partial charge in [0.25, 0.3) is 0 Å². The molecule has 4 rings (SSSR count). The minimum absolute atomic E-state index is 0.0756. The van der Waals surface area contributed by atoms with Gasteiger partial charge in [-0.1, -0.05) is 30.3 Å². The van der Waals surface area contributed by atoms with Crippen LogP contribution in [0.1, 0.15) is 28.8 Å². The Bertz CT molecular complexity index is 993. The quantitative estimate of drug-likeness (QED) is 0.624. The smallest absolute Gasteiger partial charge is 0.192 e. The molecule has 2 aromatic carbocycles. The predicted octanol–water partition coefficient (Wildman–Crippen LogP) is 3.93. The molecule has 0 N–H and O–H groups in total. The lowest BCUT2D eigenvalue weighted by Crippen LogP contribution is -2.24. The number of nitrogens with zero attached hydrogens (tertiary/aromatic N) is 1. The highest BCUT2D eigenvalue weighted by Gasteiger charge is 2.23. The number of hydrogen-bond acceptors (Lipinski definition) is 4. The molecule has 27 heavy (non-hydrogen) atoms. The van der Waals surface area contributed by atoms with Crippen LogP contribution < -0.4 is 5.43 Å². The van der Waals surface area contributed by atoms with Crippen molar-refractivity contribution in [1.82, 2.24) is 4.90 Å². The van der Waals surface area contributed by atoms with Gasteiger partial charge >= 0.3 is 0 Å². The van der Waals surface area contributed by atoms with Crippen LogP contribution in [0.25, 0.3) is 11.0 Å². The van der Waals surface area contributed by atoms with E-state index in [9.17, 15) is 9.59 Å². The fraction of sp³-hybridized carbons (Fsp3) is 0.304. The van der Waals surface area contributed by atoms with E-state index in [1.54, 1.807) is 18.2 Å². The Morgan fingerprint density at radius 1 is 1.11 bits per heavy atom. The third-order valence-electron chi connectivity index (χ3n) is 5.37. The normalized spacial score (nSPS) is 17.4. The Kier molecular flexibility index (Phi) is 5.16. The first kappa shape index (κ1) is 17.7. The van der Waals surface area contributed by atoms with Crippen LogP contribution in [0.2, 0.25) is 0 Å². The van der Waals surface area contributed by atoms with Gasteiger partial charge in [-0.2, -0.15) is 0 Å². The van der Waals surface area contributed by atoms with Gasteiger partial charge in [-0.05, 0) is 49.1 Å². The SMILES string of the molecule is O=C(CCN1CCC(Cc2ccccc2)C1)c1ccc2occc(=O)c2c1. The molecule has 0 saturated carbocycles. The third kappa shape index (κ3) is 4.17. The number of hydrogen-bond donors (Lipinski definition) is 0. The molecule has 1 saturated heterocycles. The Morgan fingerprint density at radius 2 is 1.96 bits per heavy atom. The average molecular weight is 361 g/mol. The first-order valence-corrected chi connectivity index (χ1v) is 9.50. The van der Waals surface area contributed by atoms with E-state index >= 15 is 0 Å². The summed E-state index contributed by atoms with van der Waals surface area (Å²) in [7, 11) is 0. The molecule has 0 spiro atoms. The van der Waals surface area contributed by atoms with Crippen LogP contribution in [0.5, 0.6) is 0 Å². The van der Waals surface area contributed by atoms with Crippen molar-refractivity contribution in [3.8, 4) is 0 Å². The first-order chi connectivity index (χ1) is 13.2. The number of fused-ring (bicyclic) bond motifs is 1. The van der Waals surface area contributed by atoms with Crippen molar-refractivity contribution in [3.63, 3.8) is 0 Å². The van der Waals surface area contributed by atoms with E-state index in [0.29, 0.717) is 28.9 Å². The second-order valence-corrected chi connectivity index (χ2v) is 7.31. The molecular weight excluding hydrogens is 338 g/mol. The van der Waals surface area contributed by atoms with Crippen molar-refractivity contribution in [3.05, 3.63) is 82.2 Å². The fourth-order valence-electron chi connectivity index (χ4n) is 3.89. The molecule has 1 unspecified atom stereocenters. The van der Waals surface area contributed by atoms with Crippen LogP contribution >= 0.6 is 0 Å². The zero-order valence-electron chi connectivity index (χ0n) is 15.3. The Balaban J connectivity index is 1.33. The molecule has 138 valence electrons. The number of benzene rings is 2. The van der Waals surface area contributed by atoms with E-state index in [1.807, 2.05) is 6.07 Å². The van der Waals surface area contributed by atoms with Crippen LogP contribution in [0.3, 0.4) is 0 Å². The molecule has 4 nitrogen and oxygen atoms in total. The van der Waals surface area contributed by atoms with Gasteiger partial charge in [-0.15, -0.1) is 0 Å². The molecule has 2 heterocycles. The molecule has 4 heteroatoms. The number of Topliss-reactive ketones (excluding diaryl/α,β-unsaturated/α-hetero) is 1. The maximum atomic E-state index is 12.6. The standard InChI is InChI=1S/C23H23NO3/c25-21(19-6-7-23-20(15-19)22(26)10-13-27-23)9-12-24-11-8-18(16-24)14-17-4-2-1-3-5-17/h1-7,10,13,15,18H,8-9,11-12,14,16H2. The molecule has 0 bridgehead atoms. The summed E-state index contributed by atoms with van der Waals surface area (Å²) in [4.78, 5) is 26.9. The van der Waals surface area contributed by atoms with E-state index in [-0.39, 0.29) is 11.2 Å². The van der Waals surface area contributed by atoms with E-state index < -0.39 is 0 Å². The summed E-state index contributed by atoms with van der Waals surface area (Å²) in [5, 5.41) is 0.465. The molecule has 1 aromatic heterocycles. The zero-order chi connectivity index (χ0) is 18.6. The van der Waals surface area contributed by atoms with Crippen LogP contribution in [0.4, 0.5) is 0 Å². The summed E-state index contributed by atoms with van der Waals surface area (Å²) in [5.74, 6) is 0.736. The topological polar surface area (TPSA) is 50.5 Å². The lowest BCUT2D eigenvalue weighted by atomic mass is 9.99. The molecule has 0 amide bonds. The second-order valence-electron chi connectivity index (χ2n) is 7.31. The van der Waals surface area contributed by atoms with Gasteiger partial charge < -0.3 is 9.32 Å².